The van der Waals surface area contributed by atoms with Gasteiger partial charge in [-0.05, 0) is 66.0 Å². The van der Waals surface area contributed by atoms with E-state index in [1.54, 1.807) is 6.07 Å². The van der Waals surface area contributed by atoms with Crippen LogP contribution in [0.4, 0.5) is 4.79 Å². The fourth-order valence-corrected chi connectivity index (χ4v) is 6.73. The van der Waals surface area contributed by atoms with Gasteiger partial charge in [-0.15, -0.1) is 0 Å². The number of rotatable bonds is 5. The van der Waals surface area contributed by atoms with Gasteiger partial charge in [-0.25, -0.2) is 4.79 Å². The molecule has 2 saturated heterocycles. The lowest BCUT2D eigenvalue weighted by atomic mass is 9.76. The molecule has 37 heavy (non-hydrogen) atoms. The molecular weight excluding hydrogens is 460 g/mol. The summed E-state index contributed by atoms with van der Waals surface area (Å²) >= 11 is 0. The fourth-order valence-electron chi connectivity index (χ4n) is 6.73. The van der Waals surface area contributed by atoms with Crippen LogP contribution in [-0.2, 0) is 16.0 Å². The first-order valence-corrected chi connectivity index (χ1v) is 13.3. The minimum absolute atomic E-state index is 0.0308. The summed E-state index contributed by atoms with van der Waals surface area (Å²) in [5, 5.41) is 9.39. The van der Waals surface area contributed by atoms with Crippen LogP contribution < -0.4 is 0 Å². The number of carbonyl (C=O) groups excluding carboxylic acids is 2. The summed E-state index contributed by atoms with van der Waals surface area (Å²) in [6.45, 7) is 0.316. The molecule has 2 atom stereocenters. The highest BCUT2D eigenvalue weighted by Gasteiger charge is 2.44. The molecule has 6 rings (SSSR count). The summed E-state index contributed by atoms with van der Waals surface area (Å²) in [4.78, 5) is 28.6. The van der Waals surface area contributed by atoms with Crippen molar-refractivity contribution in [3.63, 3.8) is 0 Å². The minimum Gasteiger partial charge on any atom is -0.448 e. The van der Waals surface area contributed by atoms with Crippen LogP contribution in [0.1, 0.15) is 60.3 Å². The molecule has 0 spiro atoms. The van der Waals surface area contributed by atoms with Crippen LogP contribution in [0.5, 0.6) is 0 Å². The van der Waals surface area contributed by atoms with Crippen LogP contribution in [0.15, 0.2) is 72.8 Å². The van der Waals surface area contributed by atoms with Gasteiger partial charge in [0.05, 0.1) is 11.6 Å². The number of hydrogen-bond acceptors (Lipinski definition) is 4. The van der Waals surface area contributed by atoms with Crippen molar-refractivity contribution in [1.82, 2.24) is 4.90 Å². The third-order valence-electron chi connectivity index (χ3n) is 8.48. The minimum atomic E-state index is -0.253. The van der Waals surface area contributed by atoms with Crippen molar-refractivity contribution in [2.75, 3.05) is 6.61 Å². The van der Waals surface area contributed by atoms with Gasteiger partial charge in [0, 0.05) is 30.3 Å². The predicted octanol–water partition coefficient (Wildman–Crippen LogP) is 6.25. The van der Waals surface area contributed by atoms with Crippen molar-refractivity contribution in [2.24, 2.45) is 5.92 Å². The molecule has 2 fully saturated rings. The van der Waals surface area contributed by atoms with Gasteiger partial charge in [0.1, 0.15) is 12.4 Å². The van der Waals surface area contributed by atoms with E-state index in [1.165, 1.54) is 22.3 Å². The Bertz CT molecular complexity index is 1330. The molecule has 5 nitrogen and oxygen atoms in total. The van der Waals surface area contributed by atoms with Crippen LogP contribution in [0, 0.1) is 17.2 Å². The Morgan fingerprint density at radius 2 is 1.46 bits per heavy atom. The van der Waals surface area contributed by atoms with Gasteiger partial charge < -0.3 is 9.64 Å². The maximum atomic E-state index is 13.4. The molecule has 186 valence electrons. The quantitative estimate of drug-likeness (QED) is 0.424. The monoisotopic (exact) mass is 490 g/mol. The third-order valence-corrected chi connectivity index (χ3v) is 8.48. The maximum Gasteiger partial charge on any atom is 0.410 e. The molecule has 0 radical (unpaired) electrons. The van der Waals surface area contributed by atoms with E-state index in [1.807, 2.05) is 35.2 Å². The molecule has 3 aliphatic rings. The second-order valence-electron chi connectivity index (χ2n) is 10.5. The van der Waals surface area contributed by atoms with E-state index >= 15 is 0 Å². The topological polar surface area (TPSA) is 70.4 Å². The molecule has 0 N–H and O–H groups in total. The average molecular weight is 491 g/mol. The number of nitrogens with zero attached hydrogens (tertiary/aromatic N) is 2. The average Bonchev–Trinajstić information content (AvgIpc) is 3.25. The Hall–Kier alpha value is -3.91. The number of amides is 1. The number of Topliss-reactive ketones (excluding diaryl/α,β-unsaturated/α-hetero) is 1. The van der Waals surface area contributed by atoms with Crippen molar-refractivity contribution < 1.29 is 14.3 Å². The highest BCUT2D eigenvalue weighted by Crippen LogP contribution is 2.45. The van der Waals surface area contributed by atoms with Crippen LogP contribution >= 0.6 is 0 Å². The number of fused-ring (bicyclic) bond motifs is 5. The van der Waals surface area contributed by atoms with Crippen molar-refractivity contribution in [2.45, 2.75) is 56.5 Å². The summed E-state index contributed by atoms with van der Waals surface area (Å²) in [7, 11) is 0. The number of nitriles is 1. The van der Waals surface area contributed by atoms with E-state index in [0.29, 0.717) is 25.0 Å². The van der Waals surface area contributed by atoms with Crippen LogP contribution in [-0.4, -0.2) is 35.5 Å². The normalized spacial score (nSPS) is 22.0. The first kappa shape index (κ1) is 23.5. The molecule has 0 aromatic heterocycles. The SMILES string of the molecule is N#Cc1ccccc1CC(=O)C1CC2CCCC(C1)N2C(=O)OCC1c2ccccc2-c2ccccc21. The van der Waals surface area contributed by atoms with Gasteiger partial charge in [-0.1, -0.05) is 66.7 Å². The van der Waals surface area contributed by atoms with E-state index in [-0.39, 0.29) is 42.2 Å². The van der Waals surface area contributed by atoms with E-state index < -0.39 is 0 Å². The highest BCUT2D eigenvalue weighted by atomic mass is 16.6. The van der Waals surface area contributed by atoms with Crippen LogP contribution in [0.25, 0.3) is 11.1 Å². The number of carbonyl (C=O) groups is 2. The summed E-state index contributed by atoms with van der Waals surface area (Å²) in [5.41, 5.74) is 6.20. The van der Waals surface area contributed by atoms with Gasteiger partial charge in [0.2, 0.25) is 0 Å². The Labute approximate surface area is 217 Å². The van der Waals surface area contributed by atoms with Crippen molar-refractivity contribution >= 4 is 11.9 Å². The summed E-state index contributed by atoms with van der Waals surface area (Å²) < 4.78 is 6.00. The number of hydrogen-bond donors (Lipinski definition) is 0. The zero-order valence-electron chi connectivity index (χ0n) is 20.8. The van der Waals surface area contributed by atoms with Gasteiger partial charge in [0.15, 0.2) is 0 Å². The third kappa shape index (κ3) is 4.31. The van der Waals surface area contributed by atoms with Gasteiger partial charge >= 0.3 is 6.09 Å². The molecule has 5 heteroatoms. The van der Waals surface area contributed by atoms with Crippen molar-refractivity contribution in [1.29, 1.82) is 5.26 Å². The summed E-state index contributed by atoms with van der Waals surface area (Å²) in [6, 6.07) is 26.3. The lowest BCUT2D eigenvalue weighted by Gasteiger charge is -2.47. The molecule has 1 amide bonds. The van der Waals surface area contributed by atoms with Crippen LogP contribution in [0.2, 0.25) is 0 Å². The Morgan fingerprint density at radius 1 is 0.865 bits per heavy atom. The standard InChI is InChI=1S/C32H30N2O3/c33-19-22-9-2-1-8-21(22)18-31(35)23-16-24-10-7-11-25(17-23)34(24)32(36)37-20-30-28-14-5-3-12-26(28)27-13-4-6-15-29(27)30/h1-6,8-9,12-15,23-25,30H,7,10-11,16-18,20H2. The predicted molar refractivity (Wildman–Crippen MR) is 141 cm³/mol. The largest absolute Gasteiger partial charge is 0.448 e. The smallest absolute Gasteiger partial charge is 0.410 e. The lowest BCUT2D eigenvalue weighted by molar-refractivity contribution is -0.126. The molecule has 2 unspecified atom stereocenters. The number of piperidine rings is 2. The zero-order chi connectivity index (χ0) is 25.4. The zero-order valence-corrected chi connectivity index (χ0v) is 20.8. The van der Waals surface area contributed by atoms with E-state index in [0.717, 1.165) is 24.8 Å². The second-order valence-corrected chi connectivity index (χ2v) is 10.5. The first-order valence-electron chi connectivity index (χ1n) is 13.3. The van der Waals surface area contributed by atoms with E-state index in [4.69, 9.17) is 4.74 Å². The Balaban J connectivity index is 1.14. The Kier molecular flexibility index (Phi) is 6.26. The van der Waals surface area contributed by atoms with Gasteiger partial charge in [0.25, 0.3) is 0 Å². The molecular formula is C32H30N2O3. The van der Waals surface area contributed by atoms with E-state index in [9.17, 15) is 14.9 Å². The number of ketones is 1. The molecule has 3 aromatic rings. The van der Waals surface area contributed by atoms with Gasteiger partial charge in [-0.2, -0.15) is 5.26 Å². The molecule has 2 aliphatic heterocycles. The maximum absolute atomic E-state index is 13.4. The second kappa shape index (κ2) is 9.86. The highest BCUT2D eigenvalue weighted by molar-refractivity contribution is 5.84. The van der Waals surface area contributed by atoms with Gasteiger partial charge in [-0.3, -0.25) is 4.79 Å². The number of ether oxygens (including phenoxy) is 1. The molecule has 3 aromatic carbocycles. The molecule has 0 saturated carbocycles. The molecule has 2 heterocycles. The molecule has 2 bridgehead atoms. The van der Waals surface area contributed by atoms with Crippen molar-refractivity contribution in [3.05, 3.63) is 95.1 Å². The summed E-state index contributed by atoms with van der Waals surface area (Å²) in [5.74, 6) is 0.127. The fraction of sp³-hybridized carbons (Fsp3) is 0.344. The summed E-state index contributed by atoms with van der Waals surface area (Å²) in [6.07, 6.45) is 4.25. The Morgan fingerprint density at radius 3 is 2.11 bits per heavy atom. The number of benzene rings is 3. The van der Waals surface area contributed by atoms with Crippen LogP contribution in [0.3, 0.4) is 0 Å². The lowest BCUT2D eigenvalue weighted by Crippen LogP contribution is -2.56. The van der Waals surface area contributed by atoms with E-state index in [2.05, 4.69) is 42.5 Å². The van der Waals surface area contributed by atoms with Crippen molar-refractivity contribution in [3.8, 4) is 17.2 Å². The first-order chi connectivity index (χ1) is 18.1. The molecule has 1 aliphatic carbocycles.